The van der Waals surface area contributed by atoms with Crippen LogP contribution in [0.4, 0.5) is 0 Å². The Balaban J connectivity index is 1.79. The number of rotatable bonds is 11. The molecule has 1 fully saturated rings. The van der Waals surface area contributed by atoms with E-state index in [1.807, 2.05) is 6.92 Å². The Morgan fingerprint density at radius 2 is 2.03 bits per heavy atom. The minimum absolute atomic E-state index is 0.531. The van der Waals surface area contributed by atoms with Gasteiger partial charge in [-0.3, -0.25) is 9.89 Å². The van der Waals surface area contributed by atoms with Gasteiger partial charge in [-0.05, 0) is 31.4 Å². The predicted molar refractivity (Wildman–Crippen MR) is 118 cm³/mol. The van der Waals surface area contributed by atoms with Crippen molar-refractivity contribution in [2.45, 2.75) is 27.3 Å². The van der Waals surface area contributed by atoms with E-state index in [0.717, 1.165) is 56.7 Å². The number of hydrogen-bond donors (Lipinski definition) is 2. The van der Waals surface area contributed by atoms with Crippen LogP contribution in [0, 0.1) is 12.8 Å². The van der Waals surface area contributed by atoms with E-state index in [4.69, 9.17) is 14.2 Å². The monoisotopic (exact) mass is 406 g/mol. The van der Waals surface area contributed by atoms with Gasteiger partial charge in [0.15, 0.2) is 5.96 Å². The van der Waals surface area contributed by atoms with Gasteiger partial charge in [-0.1, -0.05) is 19.1 Å². The van der Waals surface area contributed by atoms with Gasteiger partial charge in [-0.2, -0.15) is 0 Å². The third-order valence-electron chi connectivity index (χ3n) is 4.87. The summed E-state index contributed by atoms with van der Waals surface area (Å²) in [5.74, 6) is 2.23. The SMILES string of the molecule is CCOCCOc1cc(C)ccc1CNC(=NC)NCC(C)CN1CCOCC1. The zero-order valence-corrected chi connectivity index (χ0v) is 18.5. The van der Waals surface area contributed by atoms with Crippen LogP contribution in [0.3, 0.4) is 0 Å². The molecule has 1 unspecified atom stereocenters. The number of morpholine rings is 1. The maximum absolute atomic E-state index is 5.93. The van der Waals surface area contributed by atoms with Crippen molar-refractivity contribution in [2.75, 3.05) is 66.3 Å². The largest absolute Gasteiger partial charge is 0.491 e. The smallest absolute Gasteiger partial charge is 0.191 e. The molecule has 0 bridgehead atoms. The zero-order valence-electron chi connectivity index (χ0n) is 18.5. The van der Waals surface area contributed by atoms with Crippen molar-refractivity contribution in [3.05, 3.63) is 29.3 Å². The van der Waals surface area contributed by atoms with Crippen molar-refractivity contribution < 1.29 is 14.2 Å². The number of aliphatic imine (C=N–C) groups is 1. The first-order valence-electron chi connectivity index (χ1n) is 10.7. The summed E-state index contributed by atoms with van der Waals surface area (Å²) >= 11 is 0. The minimum atomic E-state index is 0.531. The fourth-order valence-electron chi connectivity index (χ4n) is 3.26. The number of guanidine groups is 1. The van der Waals surface area contributed by atoms with Crippen LogP contribution < -0.4 is 15.4 Å². The second-order valence-corrected chi connectivity index (χ2v) is 7.48. The lowest BCUT2D eigenvalue weighted by molar-refractivity contribution is 0.0320. The molecule has 1 aromatic rings. The third-order valence-corrected chi connectivity index (χ3v) is 4.87. The lowest BCUT2D eigenvalue weighted by Crippen LogP contribution is -2.43. The fourth-order valence-corrected chi connectivity index (χ4v) is 3.26. The molecule has 0 amide bonds. The molecule has 164 valence electrons. The average molecular weight is 407 g/mol. The van der Waals surface area contributed by atoms with Gasteiger partial charge in [0.05, 0.1) is 19.8 Å². The maximum atomic E-state index is 5.93. The Hall–Kier alpha value is -1.83. The molecule has 1 atom stereocenters. The first kappa shape index (κ1) is 23.4. The first-order valence-corrected chi connectivity index (χ1v) is 10.7. The van der Waals surface area contributed by atoms with E-state index in [0.29, 0.717) is 32.3 Å². The molecule has 1 aromatic carbocycles. The average Bonchev–Trinajstić information content (AvgIpc) is 2.73. The summed E-state index contributed by atoms with van der Waals surface area (Å²) in [4.78, 5) is 6.82. The predicted octanol–water partition coefficient (Wildman–Crippen LogP) is 2.04. The van der Waals surface area contributed by atoms with Gasteiger partial charge >= 0.3 is 0 Å². The van der Waals surface area contributed by atoms with Crippen LogP contribution in [0.15, 0.2) is 23.2 Å². The molecular formula is C22H38N4O3. The molecule has 2 rings (SSSR count). The number of nitrogens with one attached hydrogen (secondary N) is 2. The van der Waals surface area contributed by atoms with Crippen LogP contribution in [0.2, 0.25) is 0 Å². The topological polar surface area (TPSA) is 67.4 Å². The van der Waals surface area contributed by atoms with E-state index in [9.17, 15) is 0 Å². The first-order chi connectivity index (χ1) is 14.1. The molecule has 1 aliphatic rings. The quantitative estimate of drug-likeness (QED) is 0.333. The van der Waals surface area contributed by atoms with E-state index in [1.54, 1.807) is 7.05 Å². The van der Waals surface area contributed by atoms with E-state index in [-0.39, 0.29) is 0 Å². The lowest BCUT2D eigenvalue weighted by Gasteiger charge is -2.29. The van der Waals surface area contributed by atoms with Crippen molar-refractivity contribution in [3.8, 4) is 5.75 Å². The normalized spacial score (nSPS) is 16.5. The van der Waals surface area contributed by atoms with Gasteiger partial charge in [0.2, 0.25) is 0 Å². The van der Waals surface area contributed by atoms with Crippen molar-refractivity contribution in [3.63, 3.8) is 0 Å². The van der Waals surface area contributed by atoms with Crippen molar-refractivity contribution in [2.24, 2.45) is 10.9 Å². The lowest BCUT2D eigenvalue weighted by atomic mass is 10.1. The molecule has 0 spiro atoms. The third kappa shape index (κ3) is 9.02. The van der Waals surface area contributed by atoms with Gasteiger partial charge in [0, 0.05) is 51.9 Å². The fraction of sp³-hybridized carbons (Fsp3) is 0.682. The van der Waals surface area contributed by atoms with E-state index in [2.05, 4.69) is 52.6 Å². The van der Waals surface area contributed by atoms with E-state index < -0.39 is 0 Å². The minimum Gasteiger partial charge on any atom is -0.491 e. The van der Waals surface area contributed by atoms with Crippen LogP contribution in [0.1, 0.15) is 25.0 Å². The van der Waals surface area contributed by atoms with Crippen LogP contribution in [0.25, 0.3) is 0 Å². The summed E-state index contributed by atoms with van der Waals surface area (Å²) in [6, 6.07) is 6.28. The zero-order chi connectivity index (χ0) is 20.9. The summed E-state index contributed by atoms with van der Waals surface area (Å²) in [6.07, 6.45) is 0. The number of aryl methyl sites for hydroxylation is 1. The number of ether oxygens (including phenoxy) is 3. The highest BCUT2D eigenvalue weighted by Crippen LogP contribution is 2.20. The van der Waals surface area contributed by atoms with Crippen molar-refractivity contribution >= 4 is 5.96 Å². The Morgan fingerprint density at radius 1 is 1.24 bits per heavy atom. The highest BCUT2D eigenvalue weighted by Gasteiger charge is 2.14. The van der Waals surface area contributed by atoms with Gasteiger partial charge < -0.3 is 24.8 Å². The van der Waals surface area contributed by atoms with Crippen molar-refractivity contribution in [1.82, 2.24) is 15.5 Å². The van der Waals surface area contributed by atoms with Gasteiger partial charge in [-0.25, -0.2) is 0 Å². The molecule has 0 radical (unpaired) electrons. The summed E-state index contributed by atoms with van der Waals surface area (Å²) in [6.45, 7) is 14.5. The van der Waals surface area contributed by atoms with Gasteiger partial charge in [-0.15, -0.1) is 0 Å². The number of hydrogen-bond acceptors (Lipinski definition) is 5. The van der Waals surface area contributed by atoms with Crippen molar-refractivity contribution in [1.29, 1.82) is 0 Å². The molecule has 0 aromatic heterocycles. The van der Waals surface area contributed by atoms with Gasteiger partial charge in [0.1, 0.15) is 12.4 Å². The summed E-state index contributed by atoms with van der Waals surface area (Å²) < 4.78 is 16.7. The molecule has 29 heavy (non-hydrogen) atoms. The van der Waals surface area contributed by atoms with Crippen LogP contribution >= 0.6 is 0 Å². The number of benzene rings is 1. The van der Waals surface area contributed by atoms with E-state index in [1.165, 1.54) is 5.56 Å². The second kappa shape index (κ2) is 13.4. The Morgan fingerprint density at radius 3 is 2.76 bits per heavy atom. The molecule has 7 nitrogen and oxygen atoms in total. The standard InChI is InChI=1S/C22H38N4O3/c1-5-27-12-13-29-21-14-18(2)6-7-20(21)16-25-22(23-4)24-15-19(3)17-26-8-10-28-11-9-26/h6-7,14,19H,5,8-13,15-17H2,1-4H3,(H2,23,24,25). The molecule has 1 aliphatic heterocycles. The molecule has 1 heterocycles. The van der Waals surface area contributed by atoms with Crippen LogP contribution in [0.5, 0.6) is 5.75 Å². The molecule has 7 heteroatoms. The number of nitrogens with zero attached hydrogens (tertiary/aromatic N) is 2. The Kier molecular flexibility index (Phi) is 10.8. The van der Waals surface area contributed by atoms with E-state index >= 15 is 0 Å². The van der Waals surface area contributed by atoms with Gasteiger partial charge in [0.25, 0.3) is 0 Å². The second-order valence-electron chi connectivity index (χ2n) is 7.48. The molecule has 0 aliphatic carbocycles. The highest BCUT2D eigenvalue weighted by molar-refractivity contribution is 5.79. The molecule has 2 N–H and O–H groups in total. The van der Waals surface area contributed by atoms with Crippen LogP contribution in [-0.4, -0.2) is 77.1 Å². The Labute approximate surface area is 175 Å². The Bertz CT molecular complexity index is 618. The summed E-state index contributed by atoms with van der Waals surface area (Å²) in [5, 5.41) is 6.84. The van der Waals surface area contributed by atoms with Crippen LogP contribution in [-0.2, 0) is 16.0 Å². The molecule has 0 saturated carbocycles. The summed E-state index contributed by atoms with van der Waals surface area (Å²) in [7, 11) is 1.80. The molecular weight excluding hydrogens is 368 g/mol. The summed E-state index contributed by atoms with van der Waals surface area (Å²) in [5.41, 5.74) is 2.29. The highest BCUT2D eigenvalue weighted by atomic mass is 16.5. The maximum Gasteiger partial charge on any atom is 0.191 e. The molecule has 1 saturated heterocycles.